The SMILES string of the molecule is O=COCCc1cc(-c2ccc(NC(=O)c3ccccc3)cc2)n[nH]1. The highest BCUT2D eigenvalue weighted by molar-refractivity contribution is 6.04. The summed E-state index contributed by atoms with van der Waals surface area (Å²) in [6.07, 6.45) is 0.580. The second kappa shape index (κ2) is 7.92. The molecule has 0 aliphatic carbocycles. The number of carbonyl (C=O) groups excluding carboxylic acids is 2. The van der Waals surface area contributed by atoms with E-state index in [1.54, 1.807) is 12.1 Å². The maximum absolute atomic E-state index is 12.1. The Kier molecular flexibility index (Phi) is 5.21. The summed E-state index contributed by atoms with van der Waals surface area (Å²) in [6.45, 7) is 0.745. The Bertz CT molecular complexity index is 842. The first-order valence-electron chi connectivity index (χ1n) is 7.82. The fourth-order valence-electron chi connectivity index (χ4n) is 2.37. The normalized spacial score (nSPS) is 10.2. The van der Waals surface area contributed by atoms with Gasteiger partial charge in [-0.25, -0.2) is 0 Å². The maximum atomic E-state index is 12.1. The van der Waals surface area contributed by atoms with Gasteiger partial charge in [0.1, 0.15) is 0 Å². The fraction of sp³-hybridized carbons (Fsp3) is 0.105. The molecule has 2 N–H and O–H groups in total. The highest BCUT2D eigenvalue weighted by Gasteiger charge is 2.07. The molecule has 126 valence electrons. The van der Waals surface area contributed by atoms with Crippen molar-refractivity contribution in [1.29, 1.82) is 0 Å². The molecule has 1 heterocycles. The Labute approximate surface area is 144 Å². The van der Waals surface area contributed by atoms with Crippen LogP contribution in [0.15, 0.2) is 60.7 Å². The minimum absolute atomic E-state index is 0.148. The van der Waals surface area contributed by atoms with Crippen LogP contribution in [0.5, 0.6) is 0 Å². The van der Waals surface area contributed by atoms with E-state index in [1.807, 2.05) is 48.5 Å². The van der Waals surface area contributed by atoms with Gasteiger partial charge in [-0.3, -0.25) is 14.7 Å². The summed E-state index contributed by atoms with van der Waals surface area (Å²) in [7, 11) is 0. The van der Waals surface area contributed by atoms with Crippen molar-refractivity contribution in [3.63, 3.8) is 0 Å². The Hall–Kier alpha value is -3.41. The number of carbonyl (C=O) groups is 2. The van der Waals surface area contributed by atoms with Crippen molar-refractivity contribution in [1.82, 2.24) is 10.2 Å². The standard InChI is InChI=1S/C19H17N3O3/c23-13-25-11-10-17-12-18(22-21-17)14-6-8-16(9-7-14)20-19(24)15-4-2-1-3-5-15/h1-9,12-13H,10-11H2,(H,20,24)(H,21,22). The average Bonchev–Trinajstić information content (AvgIpc) is 3.12. The number of H-pyrrole nitrogens is 1. The van der Waals surface area contributed by atoms with E-state index < -0.39 is 0 Å². The summed E-state index contributed by atoms with van der Waals surface area (Å²) >= 11 is 0. The van der Waals surface area contributed by atoms with Crippen molar-refractivity contribution >= 4 is 18.1 Å². The molecule has 25 heavy (non-hydrogen) atoms. The minimum Gasteiger partial charge on any atom is -0.467 e. The third-order valence-corrected chi connectivity index (χ3v) is 3.66. The lowest BCUT2D eigenvalue weighted by molar-refractivity contribution is -0.128. The van der Waals surface area contributed by atoms with E-state index in [4.69, 9.17) is 0 Å². The smallest absolute Gasteiger partial charge is 0.293 e. The van der Waals surface area contributed by atoms with Crippen LogP contribution in [0.4, 0.5) is 5.69 Å². The molecule has 3 aromatic rings. The molecule has 2 aromatic carbocycles. The van der Waals surface area contributed by atoms with Gasteiger partial charge in [0.15, 0.2) is 0 Å². The maximum Gasteiger partial charge on any atom is 0.293 e. The molecule has 3 rings (SSSR count). The molecule has 1 aromatic heterocycles. The number of anilines is 1. The summed E-state index contributed by atoms with van der Waals surface area (Å²) in [5.41, 5.74) is 3.94. The number of nitrogens with zero attached hydrogens (tertiary/aromatic N) is 1. The number of rotatable bonds is 7. The predicted molar refractivity (Wildman–Crippen MR) is 94.1 cm³/mol. The van der Waals surface area contributed by atoms with Gasteiger partial charge in [-0.05, 0) is 30.3 Å². The van der Waals surface area contributed by atoms with E-state index in [0.717, 1.165) is 17.0 Å². The molecule has 0 bridgehead atoms. The van der Waals surface area contributed by atoms with E-state index >= 15 is 0 Å². The summed E-state index contributed by atoms with van der Waals surface area (Å²) in [5, 5.41) is 10.0. The van der Waals surface area contributed by atoms with Crippen LogP contribution in [-0.4, -0.2) is 29.2 Å². The Balaban J connectivity index is 1.64. The molecule has 0 saturated heterocycles. The van der Waals surface area contributed by atoms with Gasteiger partial charge < -0.3 is 10.1 Å². The summed E-state index contributed by atoms with van der Waals surface area (Å²) in [4.78, 5) is 22.3. The lowest BCUT2D eigenvalue weighted by Crippen LogP contribution is -2.11. The third kappa shape index (κ3) is 4.32. The van der Waals surface area contributed by atoms with Crippen LogP contribution in [-0.2, 0) is 16.0 Å². The minimum atomic E-state index is -0.148. The van der Waals surface area contributed by atoms with E-state index in [1.165, 1.54) is 0 Å². The third-order valence-electron chi connectivity index (χ3n) is 3.66. The molecule has 6 nitrogen and oxygen atoms in total. The largest absolute Gasteiger partial charge is 0.467 e. The van der Waals surface area contributed by atoms with Gasteiger partial charge in [-0.1, -0.05) is 30.3 Å². The second-order valence-electron chi connectivity index (χ2n) is 5.39. The van der Waals surface area contributed by atoms with Gasteiger partial charge in [0.25, 0.3) is 12.4 Å². The first-order valence-corrected chi connectivity index (χ1v) is 7.82. The highest BCUT2D eigenvalue weighted by atomic mass is 16.5. The van der Waals surface area contributed by atoms with Crippen LogP contribution in [0.25, 0.3) is 11.3 Å². The number of nitrogens with one attached hydrogen (secondary N) is 2. The Morgan fingerprint density at radius 3 is 2.60 bits per heavy atom. The van der Waals surface area contributed by atoms with Crippen molar-refractivity contribution < 1.29 is 14.3 Å². The number of benzene rings is 2. The topological polar surface area (TPSA) is 84.1 Å². The molecular formula is C19H17N3O3. The Morgan fingerprint density at radius 2 is 1.88 bits per heavy atom. The molecule has 1 amide bonds. The quantitative estimate of drug-likeness (QED) is 0.513. The number of hydrogen-bond donors (Lipinski definition) is 2. The van der Waals surface area contributed by atoms with Gasteiger partial charge in [-0.15, -0.1) is 0 Å². The fourth-order valence-corrected chi connectivity index (χ4v) is 2.37. The number of amides is 1. The monoisotopic (exact) mass is 335 g/mol. The van der Waals surface area contributed by atoms with Crippen molar-refractivity contribution in [3.05, 3.63) is 71.9 Å². The van der Waals surface area contributed by atoms with Crippen molar-refractivity contribution in [2.24, 2.45) is 0 Å². The van der Waals surface area contributed by atoms with Crippen LogP contribution in [0.3, 0.4) is 0 Å². The molecule has 0 radical (unpaired) electrons. The molecule has 0 aliphatic rings. The van der Waals surface area contributed by atoms with Gasteiger partial charge in [0.2, 0.25) is 0 Å². The summed E-state index contributed by atoms with van der Waals surface area (Å²) in [6, 6.07) is 18.4. The predicted octanol–water partition coefficient (Wildman–Crippen LogP) is 3.04. The molecule has 0 aliphatic heterocycles. The molecule has 0 fully saturated rings. The van der Waals surface area contributed by atoms with Gasteiger partial charge in [0.05, 0.1) is 12.3 Å². The molecule has 0 saturated carbocycles. The van der Waals surface area contributed by atoms with Gasteiger partial charge >= 0.3 is 0 Å². The van der Waals surface area contributed by atoms with Crippen LogP contribution in [0.1, 0.15) is 16.1 Å². The summed E-state index contributed by atoms with van der Waals surface area (Å²) < 4.78 is 4.67. The van der Waals surface area contributed by atoms with E-state index in [-0.39, 0.29) is 5.91 Å². The number of ether oxygens (including phenoxy) is 1. The van der Waals surface area contributed by atoms with Crippen molar-refractivity contribution in [2.75, 3.05) is 11.9 Å². The zero-order valence-electron chi connectivity index (χ0n) is 13.4. The van der Waals surface area contributed by atoms with Crippen LogP contribution in [0, 0.1) is 0 Å². The van der Waals surface area contributed by atoms with E-state index in [2.05, 4.69) is 20.3 Å². The van der Waals surface area contributed by atoms with E-state index in [9.17, 15) is 9.59 Å². The van der Waals surface area contributed by atoms with Crippen molar-refractivity contribution in [3.8, 4) is 11.3 Å². The zero-order chi connectivity index (χ0) is 17.5. The molecule has 0 atom stereocenters. The highest BCUT2D eigenvalue weighted by Crippen LogP contribution is 2.20. The zero-order valence-corrected chi connectivity index (χ0v) is 13.4. The van der Waals surface area contributed by atoms with Crippen molar-refractivity contribution in [2.45, 2.75) is 6.42 Å². The van der Waals surface area contributed by atoms with E-state index in [0.29, 0.717) is 30.8 Å². The molecule has 0 spiro atoms. The lowest BCUT2D eigenvalue weighted by atomic mass is 10.1. The molecular weight excluding hydrogens is 318 g/mol. The van der Waals surface area contributed by atoms with Gasteiger partial charge in [0, 0.05) is 28.9 Å². The molecule has 0 unspecified atom stereocenters. The second-order valence-corrected chi connectivity index (χ2v) is 5.39. The average molecular weight is 335 g/mol. The van der Waals surface area contributed by atoms with Gasteiger partial charge in [-0.2, -0.15) is 5.10 Å². The number of aromatic amines is 1. The van der Waals surface area contributed by atoms with Crippen LogP contribution in [0.2, 0.25) is 0 Å². The lowest BCUT2D eigenvalue weighted by Gasteiger charge is -2.05. The van der Waals surface area contributed by atoms with Crippen LogP contribution < -0.4 is 5.32 Å². The molecule has 6 heteroatoms. The first kappa shape index (κ1) is 16.4. The summed E-state index contributed by atoms with van der Waals surface area (Å²) in [5.74, 6) is -0.148. The first-order chi connectivity index (χ1) is 12.3. The Morgan fingerprint density at radius 1 is 1.12 bits per heavy atom. The number of aromatic nitrogens is 2. The number of hydrogen-bond acceptors (Lipinski definition) is 4. The van der Waals surface area contributed by atoms with Crippen LogP contribution >= 0.6 is 0 Å².